The highest BCUT2D eigenvalue weighted by Gasteiger charge is 2.07. The number of carbonyl (C=O) groups excluding carboxylic acids is 3. The Hall–Kier alpha value is -1.47. The predicted octanol–water partition coefficient (Wildman–Crippen LogP) is -2.74. The van der Waals surface area contributed by atoms with Gasteiger partial charge in [-0.05, 0) is 0 Å². The fraction of sp³-hybridized carbons (Fsp3) is 0.400. The Labute approximate surface area is 68.5 Å². The number of rotatable bonds is 2. The van der Waals surface area contributed by atoms with Crippen molar-refractivity contribution in [2.75, 3.05) is 13.1 Å². The van der Waals surface area contributed by atoms with Gasteiger partial charge in [-0.2, -0.15) is 0 Å². The lowest BCUT2D eigenvalue weighted by Gasteiger charge is -2.01. The van der Waals surface area contributed by atoms with Crippen LogP contribution in [0.5, 0.6) is 0 Å². The van der Waals surface area contributed by atoms with Gasteiger partial charge in [0, 0.05) is 0 Å². The van der Waals surface area contributed by atoms with Gasteiger partial charge in [0.1, 0.15) is 0 Å². The van der Waals surface area contributed by atoms with E-state index in [-0.39, 0.29) is 13.1 Å². The summed E-state index contributed by atoms with van der Waals surface area (Å²) < 4.78 is 0. The third-order valence-corrected chi connectivity index (χ3v) is 0.877. The normalized spacial score (nSPS) is 8.83. The first-order valence-electron chi connectivity index (χ1n) is 3.14. The molecule has 0 saturated carbocycles. The molecule has 0 aliphatic heterocycles. The van der Waals surface area contributed by atoms with Crippen molar-refractivity contribution in [1.29, 1.82) is 0 Å². The maximum atomic E-state index is 10.6. The van der Waals surface area contributed by atoms with Crippen LogP contribution in [0.25, 0.3) is 0 Å². The first-order chi connectivity index (χ1) is 5.60. The molecule has 0 fully saturated rings. The topological polar surface area (TPSA) is 127 Å². The molecule has 6 N–H and O–H groups in total. The van der Waals surface area contributed by atoms with Gasteiger partial charge in [-0.15, -0.1) is 0 Å². The third-order valence-electron chi connectivity index (χ3n) is 0.877. The van der Waals surface area contributed by atoms with Gasteiger partial charge in [-0.3, -0.25) is 20.2 Å². The summed E-state index contributed by atoms with van der Waals surface area (Å²) in [7, 11) is 0. The number of hydrogen-bond acceptors (Lipinski definition) is 5. The molecule has 0 aromatic heterocycles. The van der Waals surface area contributed by atoms with Crippen LogP contribution in [0.15, 0.2) is 0 Å². The Morgan fingerprint density at radius 1 is 0.917 bits per heavy atom. The number of nitrogens with two attached hydrogens (primary N) is 2. The van der Waals surface area contributed by atoms with Crippen molar-refractivity contribution < 1.29 is 14.4 Å². The number of imide groups is 2. The van der Waals surface area contributed by atoms with Crippen LogP contribution in [0.2, 0.25) is 0 Å². The minimum Gasteiger partial charge on any atom is -0.322 e. The molecule has 0 radical (unpaired) electrons. The minimum atomic E-state index is -0.916. The van der Waals surface area contributed by atoms with E-state index in [1.165, 1.54) is 0 Å². The van der Waals surface area contributed by atoms with E-state index >= 15 is 0 Å². The van der Waals surface area contributed by atoms with Gasteiger partial charge in [0.2, 0.25) is 11.8 Å². The lowest BCUT2D eigenvalue weighted by atomic mass is 10.6. The Kier molecular flexibility index (Phi) is 4.58. The van der Waals surface area contributed by atoms with Gasteiger partial charge in [0.15, 0.2) is 0 Å². The second kappa shape index (κ2) is 5.22. The van der Waals surface area contributed by atoms with Crippen molar-refractivity contribution in [2.24, 2.45) is 11.5 Å². The van der Waals surface area contributed by atoms with E-state index in [0.29, 0.717) is 0 Å². The van der Waals surface area contributed by atoms with Crippen LogP contribution in [0.4, 0.5) is 4.79 Å². The molecular formula is C5H10N4O3. The Balaban J connectivity index is 3.74. The molecule has 0 aromatic rings. The second-order valence-electron chi connectivity index (χ2n) is 1.83. The fourth-order valence-corrected chi connectivity index (χ4v) is 0.387. The minimum absolute atomic E-state index is 0.315. The summed E-state index contributed by atoms with van der Waals surface area (Å²) in [5, 5.41) is 3.61. The lowest BCUT2D eigenvalue weighted by molar-refractivity contribution is -0.119. The van der Waals surface area contributed by atoms with Crippen molar-refractivity contribution in [3.8, 4) is 0 Å². The van der Waals surface area contributed by atoms with E-state index < -0.39 is 17.8 Å². The summed E-state index contributed by atoms with van der Waals surface area (Å²) in [6, 6.07) is -0.916. The second-order valence-corrected chi connectivity index (χ2v) is 1.83. The number of urea groups is 1. The zero-order valence-corrected chi connectivity index (χ0v) is 6.29. The van der Waals surface area contributed by atoms with Crippen LogP contribution >= 0.6 is 0 Å². The molecule has 12 heavy (non-hydrogen) atoms. The van der Waals surface area contributed by atoms with E-state index in [9.17, 15) is 14.4 Å². The highest BCUT2D eigenvalue weighted by atomic mass is 16.2. The molecule has 0 atom stereocenters. The van der Waals surface area contributed by atoms with Crippen LogP contribution in [0.1, 0.15) is 0 Å². The molecular weight excluding hydrogens is 164 g/mol. The number of carbonyl (C=O) groups is 3. The highest BCUT2D eigenvalue weighted by molar-refractivity contribution is 6.02. The van der Waals surface area contributed by atoms with E-state index in [4.69, 9.17) is 11.5 Å². The number of nitrogens with one attached hydrogen (secondary N) is 2. The standard InChI is InChI=1S/C5H10N4O3/c6-1-3(10)8-5(12)9-4(11)2-7/h1-2,6-7H2,(H2,8,9,10,11,12). The van der Waals surface area contributed by atoms with E-state index in [1.807, 2.05) is 0 Å². The maximum Gasteiger partial charge on any atom is 0.328 e. The maximum absolute atomic E-state index is 10.6. The summed E-state index contributed by atoms with van der Waals surface area (Å²) in [6.07, 6.45) is 0. The summed E-state index contributed by atoms with van der Waals surface area (Å²) in [5.74, 6) is -1.34. The molecule has 0 aromatic carbocycles. The summed E-state index contributed by atoms with van der Waals surface area (Å²) in [5.41, 5.74) is 9.76. The molecule has 68 valence electrons. The molecule has 7 heteroatoms. The number of amides is 4. The van der Waals surface area contributed by atoms with Gasteiger partial charge in [0.25, 0.3) is 0 Å². The van der Waals surface area contributed by atoms with Gasteiger partial charge in [0.05, 0.1) is 13.1 Å². The highest BCUT2D eigenvalue weighted by Crippen LogP contribution is 1.66. The third kappa shape index (κ3) is 4.36. The molecule has 0 bridgehead atoms. The van der Waals surface area contributed by atoms with E-state index in [2.05, 4.69) is 0 Å². The smallest absolute Gasteiger partial charge is 0.322 e. The van der Waals surface area contributed by atoms with Crippen LogP contribution in [0, 0.1) is 0 Å². The van der Waals surface area contributed by atoms with Crippen LogP contribution in [0.3, 0.4) is 0 Å². The summed E-state index contributed by atoms with van der Waals surface area (Å²) in [6.45, 7) is -0.630. The monoisotopic (exact) mass is 174 g/mol. The molecule has 0 saturated heterocycles. The molecule has 0 rings (SSSR count). The van der Waals surface area contributed by atoms with Crippen LogP contribution in [-0.4, -0.2) is 30.9 Å². The van der Waals surface area contributed by atoms with Crippen molar-refractivity contribution >= 4 is 17.8 Å². The first-order valence-corrected chi connectivity index (χ1v) is 3.14. The predicted molar refractivity (Wildman–Crippen MR) is 39.8 cm³/mol. The zero-order valence-electron chi connectivity index (χ0n) is 6.29. The Morgan fingerprint density at radius 2 is 1.25 bits per heavy atom. The van der Waals surface area contributed by atoms with E-state index in [0.717, 1.165) is 0 Å². The molecule has 0 heterocycles. The number of hydrogen-bond donors (Lipinski definition) is 4. The summed E-state index contributed by atoms with van der Waals surface area (Å²) >= 11 is 0. The Morgan fingerprint density at radius 3 is 1.50 bits per heavy atom. The van der Waals surface area contributed by atoms with Crippen LogP contribution < -0.4 is 22.1 Å². The van der Waals surface area contributed by atoms with Crippen molar-refractivity contribution in [3.63, 3.8) is 0 Å². The zero-order chi connectivity index (χ0) is 9.56. The largest absolute Gasteiger partial charge is 0.328 e. The van der Waals surface area contributed by atoms with Gasteiger partial charge in [-0.1, -0.05) is 0 Å². The van der Waals surface area contributed by atoms with Crippen LogP contribution in [-0.2, 0) is 9.59 Å². The quantitative estimate of drug-likeness (QED) is 0.361. The van der Waals surface area contributed by atoms with Gasteiger partial charge < -0.3 is 11.5 Å². The molecule has 0 spiro atoms. The lowest BCUT2D eigenvalue weighted by Crippen LogP contribution is -2.46. The van der Waals surface area contributed by atoms with Gasteiger partial charge >= 0.3 is 6.03 Å². The SMILES string of the molecule is NCC(=O)NC(=O)NC(=O)CN. The van der Waals surface area contributed by atoms with Gasteiger partial charge in [-0.25, -0.2) is 4.79 Å². The Bertz CT molecular complexity index is 183. The molecule has 0 aliphatic rings. The average Bonchev–Trinajstić information content (AvgIpc) is 2.03. The molecule has 4 amide bonds. The molecule has 0 aliphatic carbocycles. The summed E-state index contributed by atoms with van der Waals surface area (Å²) in [4.78, 5) is 31.5. The molecule has 7 nitrogen and oxygen atoms in total. The average molecular weight is 174 g/mol. The van der Waals surface area contributed by atoms with Crippen molar-refractivity contribution in [1.82, 2.24) is 10.6 Å². The van der Waals surface area contributed by atoms with Crippen molar-refractivity contribution in [2.45, 2.75) is 0 Å². The van der Waals surface area contributed by atoms with E-state index in [1.54, 1.807) is 10.6 Å². The molecule has 0 unspecified atom stereocenters. The van der Waals surface area contributed by atoms with Crippen molar-refractivity contribution in [3.05, 3.63) is 0 Å². The first kappa shape index (κ1) is 10.5. The fourth-order valence-electron chi connectivity index (χ4n) is 0.387.